The summed E-state index contributed by atoms with van der Waals surface area (Å²) in [5.74, 6) is 1.23. The molecule has 0 radical (unpaired) electrons. The van der Waals surface area contributed by atoms with Gasteiger partial charge in [-0.25, -0.2) is 4.98 Å². The van der Waals surface area contributed by atoms with Crippen LogP contribution < -0.4 is 0 Å². The minimum atomic E-state index is 0.915. The lowest BCUT2D eigenvalue weighted by atomic mass is 10.2. The van der Waals surface area contributed by atoms with Crippen LogP contribution in [-0.2, 0) is 13.1 Å². The van der Waals surface area contributed by atoms with Crippen molar-refractivity contribution in [1.82, 2.24) is 9.88 Å². The van der Waals surface area contributed by atoms with E-state index in [0.717, 1.165) is 31.9 Å². The Labute approximate surface area is 148 Å². The summed E-state index contributed by atoms with van der Waals surface area (Å²) in [7, 11) is 0. The SMILES string of the molecule is c1ccc(CN2CC[N+](Cc3ccccc3)=C2c2ccccn2)cc1. The number of hydrogen-bond donors (Lipinski definition) is 0. The van der Waals surface area contributed by atoms with Gasteiger partial charge in [0.15, 0.2) is 5.69 Å². The highest BCUT2D eigenvalue weighted by Gasteiger charge is 2.32. The summed E-state index contributed by atoms with van der Waals surface area (Å²) in [5.41, 5.74) is 3.71. The van der Waals surface area contributed by atoms with Crippen molar-refractivity contribution >= 4 is 5.84 Å². The van der Waals surface area contributed by atoms with Crippen LogP contribution in [-0.4, -0.2) is 33.4 Å². The van der Waals surface area contributed by atoms with Crippen molar-refractivity contribution in [3.8, 4) is 0 Å². The molecule has 0 atom stereocenters. The highest BCUT2D eigenvalue weighted by atomic mass is 15.3. The number of hydrogen-bond acceptors (Lipinski definition) is 2. The molecule has 1 aliphatic heterocycles. The molecule has 0 saturated heterocycles. The van der Waals surface area contributed by atoms with Gasteiger partial charge >= 0.3 is 0 Å². The van der Waals surface area contributed by atoms with E-state index < -0.39 is 0 Å². The fraction of sp³-hybridized carbons (Fsp3) is 0.182. The maximum atomic E-state index is 4.62. The second-order valence-corrected chi connectivity index (χ2v) is 6.35. The van der Waals surface area contributed by atoms with E-state index in [9.17, 15) is 0 Å². The van der Waals surface area contributed by atoms with Crippen LogP contribution in [0.3, 0.4) is 0 Å². The van der Waals surface area contributed by atoms with Gasteiger partial charge < -0.3 is 0 Å². The number of rotatable bonds is 5. The van der Waals surface area contributed by atoms with Gasteiger partial charge in [-0.3, -0.25) is 9.48 Å². The van der Waals surface area contributed by atoms with E-state index in [0.29, 0.717) is 0 Å². The smallest absolute Gasteiger partial charge is 0.252 e. The lowest BCUT2D eigenvalue weighted by Crippen LogP contribution is -2.30. The summed E-state index contributed by atoms with van der Waals surface area (Å²) in [6.07, 6.45) is 1.88. The Balaban J connectivity index is 1.68. The zero-order valence-electron chi connectivity index (χ0n) is 14.3. The third-order valence-corrected chi connectivity index (χ3v) is 4.57. The normalized spacial score (nSPS) is 14.2. The average molecular weight is 328 g/mol. The first-order chi connectivity index (χ1) is 12.4. The largest absolute Gasteiger partial charge is 0.298 e. The van der Waals surface area contributed by atoms with Crippen molar-refractivity contribution in [2.45, 2.75) is 13.1 Å². The summed E-state index contributed by atoms with van der Waals surface area (Å²) in [4.78, 5) is 7.07. The number of aromatic nitrogens is 1. The molecule has 4 rings (SSSR count). The highest BCUT2D eigenvalue weighted by Crippen LogP contribution is 2.15. The molecule has 0 spiro atoms. The summed E-state index contributed by atoms with van der Waals surface area (Å²) in [6.45, 7) is 3.87. The molecule has 124 valence electrons. The molecule has 0 amide bonds. The van der Waals surface area contributed by atoms with Crippen molar-refractivity contribution < 1.29 is 4.58 Å². The Bertz CT molecular complexity index is 842. The molecule has 3 aromatic rings. The Morgan fingerprint density at radius 2 is 1.48 bits per heavy atom. The molecule has 0 fully saturated rings. The molecule has 0 unspecified atom stereocenters. The molecule has 3 nitrogen and oxygen atoms in total. The standard InChI is InChI=1S/C22H22N3/c1-3-9-19(10-4-1)17-24-15-16-25(18-20-11-5-2-6-12-20)22(24)21-13-7-8-14-23-21/h1-14H,15-18H2/q+1. The van der Waals surface area contributed by atoms with Crippen molar-refractivity contribution in [3.63, 3.8) is 0 Å². The van der Waals surface area contributed by atoms with Gasteiger partial charge in [0.25, 0.3) is 5.84 Å². The topological polar surface area (TPSA) is 19.1 Å². The second kappa shape index (κ2) is 7.31. The van der Waals surface area contributed by atoms with Gasteiger partial charge in [-0.1, -0.05) is 66.7 Å². The molecule has 3 heteroatoms. The molecule has 2 aromatic carbocycles. The third kappa shape index (κ3) is 3.61. The minimum absolute atomic E-state index is 0.915. The van der Waals surface area contributed by atoms with Crippen LogP contribution in [0.15, 0.2) is 85.1 Å². The van der Waals surface area contributed by atoms with Crippen LogP contribution in [0.25, 0.3) is 0 Å². The van der Waals surface area contributed by atoms with E-state index in [1.54, 1.807) is 0 Å². The molecule has 1 aromatic heterocycles. The van der Waals surface area contributed by atoms with Gasteiger partial charge in [0.05, 0.1) is 0 Å². The Morgan fingerprint density at radius 3 is 2.16 bits per heavy atom. The monoisotopic (exact) mass is 328 g/mol. The first-order valence-corrected chi connectivity index (χ1v) is 8.76. The molecule has 0 saturated carbocycles. The van der Waals surface area contributed by atoms with Gasteiger partial charge in [-0.05, 0) is 23.3 Å². The van der Waals surface area contributed by atoms with Crippen LogP contribution in [0.2, 0.25) is 0 Å². The van der Waals surface area contributed by atoms with Gasteiger partial charge in [-0.15, -0.1) is 0 Å². The number of nitrogens with zero attached hydrogens (tertiary/aromatic N) is 3. The Kier molecular flexibility index (Phi) is 4.55. The fourth-order valence-corrected chi connectivity index (χ4v) is 3.39. The van der Waals surface area contributed by atoms with Gasteiger partial charge in [0, 0.05) is 6.20 Å². The van der Waals surface area contributed by atoms with Crippen LogP contribution >= 0.6 is 0 Å². The average Bonchev–Trinajstić information content (AvgIpc) is 3.06. The summed E-state index contributed by atoms with van der Waals surface area (Å²) in [6, 6.07) is 27.5. The van der Waals surface area contributed by atoms with Gasteiger partial charge in [-0.2, -0.15) is 0 Å². The molecule has 1 aliphatic rings. The van der Waals surface area contributed by atoms with Crippen LogP contribution in [0, 0.1) is 0 Å². The van der Waals surface area contributed by atoms with E-state index in [2.05, 4.69) is 87.3 Å². The first-order valence-electron chi connectivity index (χ1n) is 8.76. The van der Waals surface area contributed by atoms with Crippen molar-refractivity contribution in [1.29, 1.82) is 0 Å². The fourth-order valence-electron chi connectivity index (χ4n) is 3.39. The van der Waals surface area contributed by atoms with Crippen LogP contribution in [0.5, 0.6) is 0 Å². The molecule has 2 heterocycles. The third-order valence-electron chi connectivity index (χ3n) is 4.57. The lowest BCUT2D eigenvalue weighted by molar-refractivity contribution is -0.534. The molecule has 0 aliphatic carbocycles. The number of amidine groups is 1. The van der Waals surface area contributed by atoms with E-state index in [1.807, 2.05) is 12.3 Å². The molecular weight excluding hydrogens is 306 g/mol. The zero-order valence-corrected chi connectivity index (χ0v) is 14.3. The quantitative estimate of drug-likeness (QED) is 0.667. The summed E-state index contributed by atoms with van der Waals surface area (Å²) < 4.78 is 2.45. The van der Waals surface area contributed by atoms with E-state index in [1.165, 1.54) is 17.0 Å². The first kappa shape index (κ1) is 15.6. The summed E-state index contributed by atoms with van der Waals surface area (Å²) in [5, 5.41) is 0. The molecular formula is C22H22N3+. The second-order valence-electron chi connectivity index (χ2n) is 6.35. The predicted molar refractivity (Wildman–Crippen MR) is 100 cm³/mol. The molecule has 0 N–H and O–H groups in total. The lowest BCUT2D eigenvalue weighted by Gasteiger charge is -2.13. The molecule has 25 heavy (non-hydrogen) atoms. The minimum Gasteiger partial charge on any atom is -0.252 e. The Morgan fingerprint density at radius 1 is 0.800 bits per heavy atom. The maximum Gasteiger partial charge on any atom is 0.298 e. The van der Waals surface area contributed by atoms with E-state index >= 15 is 0 Å². The van der Waals surface area contributed by atoms with E-state index in [4.69, 9.17) is 0 Å². The van der Waals surface area contributed by atoms with Gasteiger partial charge in [0.1, 0.15) is 26.2 Å². The summed E-state index contributed by atoms with van der Waals surface area (Å²) >= 11 is 0. The number of benzene rings is 2. The Hall–Kier alpha value is -2.94. The zero-order chi connectivity index (χ0) is 16.9. The highest BCUT2D eigenvalue weighted by molar-refractivity contribution is 5.93. The predicted octanol–water partition coefficient (Wildman–Crippen LogP) is 3.56. The van der Waals surface area contributed by atoms with Crippen molar-refractivity contribution in [2.75, 3.05) is 13.1 Å². The van der Waals surface area contributed by atoms with Crippen molar-refractivity contribution in [2.24, 2.45) is 0 Å². The number of pyridine rings is 1. The van der Waals surface area contributed by atoms with Crippen molar-refractivity contribution in [3.05, 3.63) is 102 Å². The van der Waals surface area contributed by atoms with Gasteiger partial charge in [0.2, 0.25) is 0 Å². The molecule has 0 bridgehead atoms. The van der Waals surface area contributed by atoms with Crippen LogP contribution in [0.1, 0.15) is 16.8 Å². The maximum absolute atomic E-state index is 4.62. The van der Waals surface area contributed by atoms with E-state index in [-0.39, 0.29) is 0 Å². The van der Waals surface area contributed by atoms with Crippen LogP contribution in [0.4, 0.5) is 0 Å².